The summed E-state index contributed by atoms with van der Waals surface area (Å²) in [6.45, 7) is 0. The minimum atomic E-state index is -0.704. The number of rotatable bonds is 3. The highest BCUT2D eigenvalue weighted by Gasteiger charge is 2.22. The van der Waals surface area contributed by atoms with Crippen LogP contribution >= 0.6 is 7.92 Å². The summed E-state index contributed by atoms with van der Waals surface area (Å²) in [7, 11) is -0.704. The molecule has 0 spiro atoms. The Labute approximate surface area is 126 Å². The van der Waals surface area contributed by atoms with Crippen LogP contribution in [0.1, 0.15) is 6.42 Å². The summed E-state index contributed by atoms with van der Waals surface area (Å²) in [5.74, 6) is 2.14. The molecule has 1 aliphatic rings. The SMILES string of the molecule is O=C=C1CC=CC=C1P(c1ccccc1)c1ccccc1. The van der Waals surface area contributed by atoms with E-state index in [4.69, 9.17) is 0 Å². The summed E-state index contributed by atoms with van der Waals surface area (Å²) in [6, 6.07) is 20.8. The summed E-state index contributed by atoms with van der Waals surface area (Å²) >= 11 is 0. The average molecular weight is 290 g/mol. The normalized spacial score (nSPS) is 14.0. The molecule has 0 aromatic heterocycles. The Morgan fingerprint density at radius 3 is 1.95 bits per heavy atom. The predicted molar refractivity (Wildman–Crippen MR) is 90.1 cm³/mol. The van der Waals surface area contributed by atoms with Crippen LogP contribution in [-0.4, -0.2) is 5.94 Å². The van der Waals surface area contributed by atoms with E-state index in [1.807, 2.05) is 24.3 Å². The molecule has 0 atom stereocenters. The van der Waals surface area contributed by atoms with Crippen molar-refractivity contribution >= 4 is 24.5 Å². The van der Waals surface area contributed by atoms with E-state index in [0.717, 1.165) is 10.9 Å². The van der Waals surface area contributed by atoms with Crippen LogP contribution < -0.4 is 10.6 Å². The Kier molecular flexibility index (Phi) is 4.26. The molecule has 3 rings (SSSR count). The second-order valence-corrected chi connectivity index (χ2v) is 6.96. The number of carbonyl (C=O) groups excluding carboxylic acids is 1. The lowest BCUT2D eigenvalue weighted by Gasteiger charge is -2.23. The van der Waals surface area contributed by atoms with Gasteiger partial charge in [-0.2, -0.15) is 0 Å². The molecule has 2 aromatic rings. The van der Waals surface area contributed by atoms with Gasteiger partial charge in [-0.25, -0.2) is 4.79 Å². The molecule has 1 aliphatic carbocycles. The first kappa shape index (κ1) is 13.8. The number of hydrogen-bond acceptors (Lipinski definition) is 1. The highest BCUT2D eigenvalue weighted by molar-refractivity contribution is 7.77. The van der Waals surface area contributed by atoms with Gasteiger partial charge in [0.25, 0.3) is 0 Å². The van der Waals surface area contributed by atoms with Crippen LogP contribution in [0.2, 0.25) is 0 Å². The zero-order valence-electron chi connectivity index (χ0n) is 11.6. The summed E-state index contributed by atoms with van der Waals surface area (Å²) in [5, 5.41) is 3.63. The summed E-state index contributed by atoms with van der Waals surface area (Å²) in [6.07, 6.45) is 6.79. The highest BCUT2D eigenvalue weighted by atomic mass is 31.1. The topological polar surface area (TPSA) is 17.1 Å². The third-order valence-electron chi connectivity index (χ3n) is 3.41. The van der Waals surface area contributed by atoms with Gasteiger partial charge in [-0.15, -0.1) is 0 Å². The Hall–Kier alpha value is -2.20. The molecule has 0 unspecified atom stereocenters. The van der Waals surface area contributed by atoms with Crippen LogP contribution in [0.25, 0.3) is 0 Å². The molecule has 2 aromatic carbocycles. The Morgan fingerprint density at radius 2 is 1.43 bits per heavy atom. The first-order valence-corrected chi connectivity index (χ1v) is 8.26. The third-order valence-corrected chi connectivity index (χ3v) is 5.94. The largest absolute Gasteiger partial charge is 0.233 e. The van der Waals surface area contributed by atoms with Gasteiger partial charge in [0.15, 0.2) is 0 Å². The van der Waals surface area contributed by atoms with Crippen molar-refractivity contribution < 1.29 is 4.79 Å². The molecule has 0 bridgehead atoms. The quantitative estimate of drug-likeness (QED) is 0.622. The number of allylic oxidation sites excluding steroid dienone is 5. The van der Waals surface area contributed by atoms with Gasteiger partial charge in [-0.05, 0) is 23.8 Å². The molecule has 0 radical (unpaired) electrons. The zero-order chi connectivity index (χ0) is 14.5. The van der Waals surface area contributed by atoms with Gasteiger partial charge < -0.3 is 0 Å². The molecule has 102 valence electrons. The van der Waals surface area contributed by atoms with E-state index in [9.17, 15) is 4.79 Å². The summed E-state index contributed by atoms with van der Waals surface area (Å²) in [5.41, 5.74) is 0.774. The molecule has 1 nitrogen and oxygen atoms in total. The number of benzene rings is 2. The molecular formula is C19H15OP. The smallest absolute Gasteiger partial charge is 0.128 e. The van der Waals surface area contributed by atoms with E-state index < -0.39 is 7.92 Å². The average Bonchev–Trinajstić information content (AvgIpc) is 2.58. The summed E-state index contributed by atoms with van der Waals surface area (Å²) < 4.78 is 0. The highest BCUT2D eigenvalue weighted by Crippen LogP contribution is 2.47. The van der Waals surface area contributed by atoms with E-state index in [1.165, 1.54) is 10.6 Å². The van der Waals surface area contributed by atoms with Crippen molar-refractivity contribution in [2.45, 2.75) is 6.42 Å². The fourth-order valence-corrected chi connectivity index (χ4v) is 4.87. The first-order valence-electron chi connectivity index (χ1n) is 6.91. The lowest BCUT2D eigenvalue weighted by Crippen LogP contribution is -2.14. The van der Waals surface area contributed by atoms with Gasteiger partial charge in [-0.3, -0.25) is 0 Å². The minimum absolute atomic E-state index is 0.674. The van der Waals surface area contributed by atoms with E-state index >= 15 is 0 Å². The molecule has 0 N–H and O–H groups in total. The fourth-order valence-electron chi connectivity index (χ4n) is 2.44. The number of hydrogen-bond donors (Lipinski definition) is 0. The molecule has 0 fully saturated rings. The zero-order valence-corrected chi connectivity index (χ0v) is 12.5. The van der Waals surface area contributed by atoms with Crippen molar-refractivity contribution in [3.63, 3.8) is 0 Å². The van der Waals surface area contributed by atoms with Crippen molar-refractivity contribution in [3.8, 4) is 0 Å². The van der Waals surface area contributed by atoms with Crippen molar-refractivity contribution in [3.05, 3.63) is 89.8 Å². The van der Waals surface area contributed by atoms with E-state index in [1.54, 1.807) is 0 Å². The van der Waals surface area contributed by atoms with Gasteiger partial charge in [0, 0.05) is 12.0 Å². The molecule has 0 aliphatic heterocycles. The molecule has 0 saturated carbocycles. The minimum Gasteiger partial charge on any atom is -0.233 e. The molecule has 21 heavy (non-hydrogen) atoms. The second-order valence-electron chi connectivity index (χ2n) is 4.77. The first-order chi connectivity index (χ1) is 10.4. The Morgan fingerprint density at radius 1 is 0.857 bits per heavy atom. The van der Waals surface area contributed by atoms with Crippen LogP contribution in [0.4, 0.5) is 0 Å². The molecule has 0 saturated heterocycles. The van der Waals surface area contributed by atoms with Gasteiger partial charge in [-0.1, -0.05) is 78.9 Å². The van der Waals surface area contributed by atoms with E-state index in [0.29, 0.717) is 6.42 Å². The molecular weight excluding hydrogens is 275 g/mol. The van der Waals surface area contributed by atoms with Crippen LogP contribution in [0.5, 0.6) is 0 Å². The Balaban J connectivity index is 2.16. The van der Waals surface area contributed by atoms with Crippen LogP contribution in [0.15, 0.2) is 89.8 Å². The standard InChI is InChI=1S/C19H15OP/c20-15-16-9-7-8-14-19(16)21(17-10-3-1-4-11-17)18-12-5-2-6-13-18/h1-8,10-14H,9H2. The maximum Gasteiger partial charge on any atom is 0.128 e. The van der Waals surface area contributed by atoms with E-state index in [-0.39, 0.29) is 0 Å². The van der Waals surface area contributed by atoms with Gasteiger partial charge in [0.2, 0.25) is 0 Å². The third kappa shape index (κ3) is 2.95. The van der Waals surface area contributed by atoms with Crippen LogP contribution in [0, 0.1) is 0 Å². The van der Waals surface area contributed by atoms with Crippen LogP contribution in [-0.2, 0) is 4.79 Å². The fraction of sp³-hybridized carbons (Fsp3) is 0.0526. The van der Waals surface area contributed by atoms with Crippen LogP contribution in [0.3, 0.4) is 0 Å². The van der Waals surface area contributed by atoms with Crippen molar-refractivity contribution in [1.82, 2.24) is 0 Å². The monoisotopic (exact) mass is 290 g/mol. The van der Waals surface area contributed by atoms with Crippen molar-refractivity contribution in [1.29, 1.82) is 0 Å². The van der Waals surface area contributed by atoms with Crippen molar-refractivity contribution in [2.75, 3.05) is 0 Å². The molecule has 0 amide bonds. The van der Waals surface area contributed by atoms with Gasteiger partial charge >= 0.3 is 0 Å². The maximum absolute atomic E-state index is 11.3. The molecule has 2 heteroatoms. The van der Waals surface area contributed by atoms with Gasteiger partial charge in [0.1, 0.15) is 5.94 Å². The van der Waals surface area contributed by atoms with E-state index in [2.05, 4.69) is 60.5 Å². The lowest BCUT2D eigenvalue weighted by atomic mass is 10.1. The van der Waals surface area contributed by atoms with Gasteiger partial charge in [0.05, 0.1) is 0 Å². The predicted octanol–water partition coefficient (Wildman–Crippen LogP) is 3.72. The second kappa shape index (κ2) is 6.50. The maximum atomic E-state index is 11.3. The lowest BCUT2D eigenvalue weighted by molar-refractivity contribution is 0.567. The Bertz CT molecular complexity index is 683. The van der Waals surface area contributed by atoms with Crippen molar-refractivity contribution in [2.24, 2.45) is 0 Å². The molecule has 0 heterocycles. The summed E-state index contributed by atoms with van der Waals surface area (Å²) in [4.78, 5) is 11.3.